The normalized spacial score (nSPS) is 15.9. The Morgan fingerprint density at radius 2 is 1.36 bits per heavy atom. The lowest BCUT2D eigenvalue weighted by Crippen LogP contribution is -2.31. The van der Waals surface area contributed by atoms with E-state index in [4.69, 9.17) is 0 Å². The summed E-state index contributed by atoms with van der Waals surface area (Å²) in [7, 11) is 0. The third kappa shape index (κ3) is 5.74. The van der Waals surface area contributed by atoms with Gasteiger partial charge in [-0.15, -0.1) is 0 Å². The first-order valence-corrected chi connectivity index (χ1v) is 15.8. The van der Waals surface area contributed by atoms with Gasteiger partial charge in [0.05, 0.1) is 0 Å². The molecule has 4 heteroatoms. The van der Waals surface area contributed by atoms with Gasteiger partial charge in [-0.1, -0.05) is 61.1 Å². The van der Waals surface area contributed by atoms with E-state index in [0.717, 1.165) is 24.2 Å². The standard InChI is InChI=1S/C40H44N2O2/c1-9-29(7)41(35-21-11-25(3)23-27(35)5)33-17-13-31(14-18-33)37-39(43)38(40(37)44)32-15-19-34(20-16-32)42(30(8)10-2)36-22-12-26(4)24-28(36)6/h11-24,29-30H,9-10H2,1-8H3. The Balaban J connectivity index is 1.45. The fraction of sp³-hybridized carbons (Fsp3) is 0.300. The lowest BCUT2D eigenvalue weighted by molar-refractivity contribution is -0.480. The molecule has 0 amide bonds. The summed E-state index contributed by atoms with van der Waals surface area (Å²) in [6.45, 7) is 17.3. The zero-order valence-corrected chi connectivity index (χ0v) is 27.4. The third-order valence-electron chi connectivity index (χ3n) is 9.06. The van der Waals surface area contributed by atoms with E-state index >= 15 is 0 Å². The number of carbonyl (C=O) groups excluding carboxylic acids is 1. The second-order valence-electron chi connectivity index (χ2n) is 12.3. The Bertz CT molecular complexity index is 1750. The molecule has 0 radical (unpaired) electrons. The van der Waals surface area contributed by atoms with E-state index in [9.17, 15) is 9.90 Å². The Labute approximate surface area is 263 Å². The van der Waals surface area contributed by atoms with Crippen molar-refractivity contribution < 1.29 is 14.5 Å². The van der Waals surface area contributed by atoms with Gasteiger partial charge in [0.1, 0.15) is 0 Å². The van der Waals surface area contributed by atoms with Crippen molar-refractivity contribution in [1.29, 1.82) is 0 Å². The van der Waals surface area contributed by atoms with Gasteiger partial charge in [0, 0.05) is 58.8 Å². The van der Waals surface area contributed by atoms with Crippen LogP contribution in [0.4, 0.5) is 17.1 Å². The summed E-state index contributed by atoms with van der Waals surface area (Å²) in [5.41, 5.74) is 11.2. The third-order valence-corrected chi connectivity index (χ3v) is 9.06. The molecule has 44 heavy (non-hydrogen) atoms. The van der Waals surface area contributed by atoms with Crippen LogP contribution >= 0.6 is 0 Å². The van der Waals surface area contributed by atoms with E-state index in [-0.39, 0.29) is 34.8 Å². The number of hydrogen-bond donors (Lipinski definition) is 0. The number of rotatable bonds is 8. The van der Waals surface area contributed by atoms with Crippen molar-refractivity contribution in [2.45, 2.75) is 80.3 Å². The summed E-state index contributed by atoms with van der Waals surface area (Å²) in [4.78, 5) is 15.7. The molecule has 0 saturated carbocycles. The lowest BCUT2D eigenvalue weighted by Gasteiger charge is -2.34. The van der Waals surface area contributed by atoms with Crippen LogP contribution < -0.4 is 10.0 Å². The van der Waals surface area contributed by atoms with Gasteiger partial charge in [-0.05, 0) is 101 Å². The van der Waals surface area contributed by atoms with Crippen LogP contribution in [0.2, 0.25) is 0 Å². The Kier molecular flexibility index (Phi) is 8.92. The predicted octanol–water partition coefficient (Wildman–Crippen LogP) is 8.52. The number of aryl methyl sites for hydroxylation is 4. The SMILES string of the molecule is CCC(C)N(c1ccc(C2=C([O-])C(=C3C=CC(=[N+](c4ccc(C)cc4C)C(C)CC)C=C3)C2=O)cc1)c1ccc(C)cc1C. The van der Waals surface area contributed by atoms with Crippen molar-refractivity contribution in [1.82, 2.24) is 0 Å². The zero-order valence-electron chi connectivity index (χ0n) is 27.4. The summed E-state index contributed by atoms with van der Waals surface area (Å²) in [6, 6.07) is 21.5. The second-order valence-corrected chi connectivity index (χ2v) is 12.3. The molecule has 4 nitrogen and oxygen atoms in total. The maximum Gasteiger partial charge on any atom is 0.208 e. The molecule has 2 aliphatic carbocycles. The highest BCUT2D eigenvalue weighted by Crippen LogP contribution is 2.39. The van der Waals surface area contributed by atoms with Gasteiger partial charge in [-0.2, -0.15) is 4.58 Å². The van der Waals surface area contributed by atoms with Crippen molar-refractivity contribution in [2.24, 2.45) is 0 Å². The fourth-order valence-electron chi connectivity index (χ4n) is 6.27. The van der Waals surface area contributed by atoms with E-state index in [1.807, 2.05) is 48.6 Å². The van der Waals surface area contributed by atoms with E-state index in [2.05, 4.69) is 101 Å². The summed E-state index contributed by atoms with van der Waals surface area (Å²) in [5, 5.41) is 13.4. The second kappa shape index (κ2) is 12.7. The van der Waals surface area contributed by atoms with Crippen molar-refractivity contribution in [2.75, 3.05) is 4.90 Å². The smallest absolute Gasteiger partial charge is 0.208 e. The topological polar surface area (TPSA) is 46.4 Å². The highest BCUT2D eigenvalue weighted by atomic mass is 16.3. The molecule has 0 bridgehead atoms. The van der Waals surface area contributed by atoms with Crippen LogP contribution in [0.3, 0.4) is 0 Å². The van der Waals surface area contributed by atoms with E-state index in [1.165, 1.54) is 33.6 Å². The fourth-order valence-corrected chi connectivity index (χ4v) is 6.27. The largest absolute Gasteiger partial charge is 0.871 e. The first-order valence-electron chi connectivity index (χ1n) is 15.8. The summed E-state index contributed by atoms with van der Waals surface area (Å²) >= 11 is 0. The average molecular weight is 585 g/mol. The van der Waals surface area contributed by atoms with Crippen LogP contribution in [0.1, 0.15) is 68.4 Å². The molecule has 0 saturated heterocycles. The molecule has 2 aliphatic rings. The lowest BCUT2D eigenvalue weighted by atomic mass is 9.80. The van der Waals surface area contributed by atoms with Crippen LogP contribution in [0.25, 0.3) is 5.57 Å². The first kappa shape index (κ1) is 31.0. The van der Waals surface area contributed by atoms with Crippen LogP contribution in [-0.4, -0.2) is 28.2 Å². The van der Waals surface area contributed by atoms with Crippen molar-refractivity contribution in [3.05, 3.63) is 130 Å². The summed E-state index contributed by atoms with van der Waals surface area (Å²) < 4.78 is 2.34. The molecular formula is C40H44N2O2. The molecule has 0 N–H and O–H groups in total. The Hall–Kier alpha value is -4.44. The van der Waals surface area contributed by atoms with Gasteiger partial charge < -0.3 is 10.0 Å². The molecule has 2 unspecified atom stereocenters. The maximum absolute atomic E-state index is 13.4. The van der Waals surface area contributed by atoms with Gasteiger partial charge >= 0.3 is 0 Å². The van der Waals surface area contributed by atoms with Crippen LogP contribution in [-0.2, 0) is 4.79 Å². The number of benzene rings is 3. The molecule has 0 aliphatic heterocycles. The van der Waals surface area contributed by atoms with E-state index in [0.29, 0.717) is 11.1 Å². The minimum Gasteiger partial charge on any atom is -0.871 e. The average Bonchev–Trinajstić information content (AvgIpc) is 3.01. The highest BCUT2D eigenvalue weighted by Gasteiger charge is 2.31. The number of Topliss-reactive ketones (excluding diaryl/α,β-unsaturated/α-hetero) is 1. The number of ketones is 1. The Morgan fingerprint density at radius 3 is 1.91 bits per heavy atom. The molecule has 0 spiro atoms. The highest BCUT2D eigenvalue weighted by molar-refractivity contribution is 6.39. The van der Waals surface area contributed by atoms with Gasteiger partial charge in [0.2, 0.25) is 11.4 Å². The van der Waals surface area contributed by atoms with Gasteiger partial charge in [-0.3, -0.25) is 4.79 Å². The molecule has 5 rings (SSSR count). The summed E-state index contributed by atoms with van der Waals surface area (Å²) in [6.07, 6.45) is 9.84. The summed E-state index contributed by atoms with van der Waals surface area (Å²) in [5.74, 6) is -0.367. The quantitative estimate of drug-likeness (QED) is 0.197. The molecule has 3 aromatic carbocycles. The monoisotopic (exact) mass is 584 g/mol. The van der Waals surface area contributed by atoms with Gasteiger partial charge in [-0.25, -0.2) is 0 Å². The predicted molar refractivity (Wildman–Crippen MR) is 182 cm³/mol. The number of hydrogen-bond acceptors (Lipinski definition) is 3. The van der Waals surface area contributed by atoms with Crippen LogP contribution in [0.5, 0.6) is 0 Å². The Morgan fingerprint density at radius 1 is 0.750 bits per heavy atom. The first-order chi connectivity index (χ1) is 21.0. The molecular weight excluding hydrogens is 540 g/mol. The molecule has 3 aromatic rings. The van der Waals surface area contributed by atoms with Crippen molar-refractivity contribution in [3.63, 3.8) is 0 Å². The number of carbonyl (C=O) groups is 1. The number of anilines is 2. The van der Waals surface area contributed by atoms with Crippen molar-refractivity contribution in [3.8, 4) is 0 Å². The minimum absolute atomic E-state index is 0.183. The van der Waals surface area contributed by atoms with Crippen LogP contribution in [0.15, 0.2) is 102 Å². The molecule has 2 atom stereocenters. The molecule has 0 fully saturated rings. The van der Waals surface area contributed by atoms with E-state index in [1.54, 1.807) is 0 Å². The number of allylic oxidation sites excluding steroid dienone is 7. The van der Waals surface area contributed by atoms with Gasteiger partial charge in [0.15, 0.2) is 11.8 Å². The molecule has 226 valence electrons. The molecule has 0 aromatic heterocycles. The number of nitrogens with zero attached hydrogens (tertiary/aromatic N) is 2. The van der Waals surface area contributed by atoms with Crippen LogP contribution in [0, 0.1) is 27.7 Å². The van der Waals surface area contributed by atoms with Crippen molar-refractivity contribution >= 4 is 34.1 Å². The maximum atomic E-state index is 13.4. The van der Waals surface area contributed by atoms with E-state index < -0.39 is 0 Å². The molecule has 0 heterocycles. The minimum atomic E-state index is -0.183. The van der Waals surface area contributed by atoms with Gasteiger partial charge in [0.25, 0.3) is 0 Å². The zero-order chi connectivity index (χ0) is 31.7.